The lowest BCUT2D eigenvalue weighted by Gasteiger charge is -2.16. The van der Waals surface area contributed by atoms with Gasteiger partial charge in [-0.15, -0.1) is 11.3 Å². The molecule has 2 rings (SSSR count). The molecule has 1 N–H and O–H groups in total. The molecule has 1 aromatic carbocycles. The van der Waals surface area contributed by atoms with Crippen LogP contribution in [0.25, 0.3) is 0 Å². The first-order valence-electron chi connectivity index (χ1n) is 6.26. The summed E-state index contributed by atoms with van der Waals surface area (Å²) >= 11 is 4.74. The Bertz CT molecular complexity index is 703. The van der Waals surface area contributed by atoms with Crippen molar-refractivity contribution in [2.24, 2.45) is 0 Å². The number of anilines is 1. The Morgan fingerprint density at radius 1 is 1.38 bits per heavy atom. The van der Waals surface area contributed by atoms with Gasteiger partial charge in [-0.05, 0) is 54.4 Å². The highest BCUT2D eigenvalue weighted by molar-refractivity contribution is 9.10. The predicted octanol–water partition coefficient (Wildman–Crippen LogP) is 5.35. The summed E-state index contributed by atoms with van der Waals surface area (Å²) in [4.78, 5) is 12.8. The zero-order valence-electron chi connectivity index (χ0n) is 11.7. The van der Waals surface area contributed by atoms with Crippen molar-refractivity contribution in [1.82, 2.24) is 0 Å². The molecule has 21 heavy (non-hydrogen) atoms. The van der Waals surface area contributed by atoms with Gasteiger partial charge in [-0.2, -0.15) is 0 Å². The van der Waals surface area contributed by atoms with Crippen LogP contribution >= 0.6 is 27.3 Å². The summed E-state index contributed by atoms with van der Waals surface area (Å²) in [5.41, 5.74) is 1.11. The number of hydrogen-bond acceptors (Lipinski definition) is 4. The van der Waals surface area contributed by atoms with Crippen LogP contribution in [-0.2, 0) is 0 Å². The molecule has 0 fully saturated rings. The van der Waals surface area contributed by atoms with Gasteiger partial charge < -0.3 is 5.32 Å². The minimum Gasteiger partial charge on any atom is -0.373 e. The number of thiophene rings is 1. The minimum atomic E-state index is -0.650. The topological polar surface area (TPSA) is 55.2 Å². The molecule has 0 saturated heterocycles. The van der Waals surface area contributed by atoms with Crippen molar-refractivity contribution in [3.05, 3.63) is 53.9 Å². The summed E-state index contributed by atoms with van der Waals surface area (Å²) in [6, 6.07) is 4.27. The molecule has 0 amide bonds. The molecule has 4 nitrogen and oxygen atoms in total. The third-order valence-electron chi connectivity index (χ3n) is 3.15. The second-order valence-corrected chi connectivity index (χ2v) is 7.09. The van der Waals surface area contributed by atoms with E-state index in [1.807, 2.05) is 20.8 Å². The van der Waals surface area contributed by atoms with E-state index >= 15 is 0 Å². The van der Waals surface area contributed by atoms with Gasteiger partial charge in [0.2, 0.25) is 0 Å². The predicted molar refractivity (Wildman–Crippen MR) is 86.6 cm³/mol. The van der Waals surface area contributed by atoms with Gasteiger partial charge >= 0.3 is 0 Å². The molecule has 1 heterocycles. The van der Waals surface area contributed by atoms with Crippen LogP contribution in [0.5, 0.6) is 0 Å². The first-order chi connectivity index (χ1) is 9.79. The Balaban J connectivity index is 2.36. The lowest BCUT2D eigenvalue weighted by molar-refractivity contribution is -0.384. The van der Waals surface area contributed by atoms with E-state index in [0.717, 1.165) is 16.5 Å². The lowest BCUT2D eigenvalue weighted by Crippen LogP contribution is -2.09. The Kier molecular flexibility index (Phi) is 4.63. The third kappa shape index (κ3) is 3.41. The molecule has 112 valence electrons. The highest BCUT2D eigenvalue weighted by Crippen LogP contribution is 2.34. The van der Waals surface area contributed by atoms with Crippen LogP contribution in [-0.4, -0.2) is 4.92 Å². The van der Waals surface area contributed by atoms with Crippen molar-refractivity contribution in [3.8, 4) is 0 Å². The Morgan fingerprint density at radius 2 is 2.05 bits per heavy atom. The SMILES string of the molecule is Cc1cc(C(C)Nc2cc(Br)c(F)cc2[N+](=O)[O-])c(C)s1. The van der Waals surface area contributed by atoms with E-state index in [0.29, 0.717) is 5.69 Å². The second-order valence-electron chi connectivity index (χ2n) is 4.78. The maximum Gasteiger partial charge on any atom is 0.295 e. The quantitative estimate of drug-likeness (QED) is 0.581. The van der Waals surface area contributed by atoms with Crippen molar-refractivity contribution >= 4 is 38.6 Å². The number of nitrogens with one attached hydrogen (secondary N) is 1. The molecule has 1 aromatic heterocycles. The van der Waals surface area contributed by atoms with E-state index < -0.39 is 10.7 Å². The third-order valence-corrected chi connectivity index (χ3v) is 4.74. The first-order valence-corrected chi connectivity index (χ1v) is 7.87. The molecule has 0 aliphatic heterocycles. The molecular formula is C14H14BrFN2O2S. The molecule has 0 spiro atoms. The fourth-order valence-corrected chi connectivity index (χ4v) is 3.56. The van der Waals surface area contributed by atoms with Gasteiger partial charge in [0.25, 0.3) is 5.69 Å². The van der Waals surface area contributed by atoms with Crippen LogP contribution in [0.15, 0.2) is 22.7 Å². The number of hydrogen-bond donors (Lipinski definition) is 1. The number of halogens is 2. The first kappa shape index (κ1) is 15.9. The van der Waals surface area contributed by atoms with Crippen LogP contribution in [0.2, 0.25) is 0 Å². The average molecular weight is 373 g/mol. The summed E-state index contributed by atoms with van der Waals surface area (Å²) in [6.07, 6.45) is 0. The van der Waals surface area contributed by atoms with E-state index in [2.05, 4.69) is 27.3 Å². The van der Waals surface area contributed by atoms with Crippen LogP contribution in [0, 0.1) is 29.8 Å². The van der Waals surface area contributed by atoms with Gasteiger partial charge in [0.15, 0.2) is 0 Å². The zero-order chi connectivity index (χ0) is 15.7. The van der Waals surface area contributed by atoms with Crippen LogP contribution in [0.4, 0.5) is 15.8 Å². The normalized spacial score (nSPS) is 12.2. The number of aryl methyl sites for hydroxylation is 2. The fourth-order valence-electron chi connectivity index (χ4n) is 2.19. The van der Waals surface area contributed by atoms with Gasteiger partial charge in [0.1, 0.15) is 11.5 Å². The number of nitro groups is 1. The van der Waals surface area contributed by atoms with Crippen LogP contribution < -0.4 is 5.32 Å². The molecule has 1 unspecified atom stereocenters. The summed E-state index contributed by atoms with van der Waals surface area (Å²) in [6.45, 7) is 5.96. The largest absolute Gasteiger partial charge is 0.373 e. The molecule has 2 aromatic rings. The minimum absolute atomic E-state index is 0.106. The summed E-state index contributed by atoms with van der Waals surface area (Å²) in [5.74, 6) is -0.650. The lowest BCUT2D eigenvalue weighted by atomic mass is 10.1. The number of nitrogens with zero attached hydrogens (tertiary/aromatic N) is 1. The standard InChI is InChI=1S/C14H14BrFN2O2S/c1-7-4-10(9(3)21-7)8(2)17-13-5-11(15)12(16)6-14(13)18(19)20/h4-6,8,17H,1-3H3. The number of rotatable bonds is 4. The van der Waals surface area contributed by atoms with E-state index in [-0.39, 0.29) is 16.2 Å². The molecule has 1 atom stereocenters. The average Bonchev–Trinajstić information content (AvgIpc) is 2.72. The van der Waals surface area contributed by atoms with Crippen molar-refractivity contribution in [1.29, 1.82) is 0 Å². The molecule has 0 radical (unpaired) electrons. The van der Waals surface area contributed by atoms with Gasteiger partial charge in [-0.3, -0.25) is 10.1 Å². The van der Waals surface area contributed by atoms with Gasteiger partial charge in [0, 0.05) is 15.8 Å². The zero-order valence-corrected chi connectivity index (χ0v) is 14.1. The molecule has 0 bridgehead atoms. The van der Waals surface area contributed by atoms with E-state index in [1.54, 1.807) is 11.3 Å². The van der Waals surface area contributed by atoms with Crippen molar-refractivity contribution < 1.29 is 9.31 Å². The van der Waals surface area contributed by atoms with Crippen molar-refractivity contribution in [2.75, 3.05) is 5.32 Å². The maximum absolute atomic E-state index is 13.5. The van der Waals surface area contributed by atoms with Crippen molar-refractivity contribution in [2.45, 2.75) is 26.8 Å². The van der Waals surface area contributed by atoms with Crippen LogP contribution in [0.1, 0.15) is 28.3 Å². The second kappa shape index (κ2) is 6.11. The molecule has 7 heteroatoms. The molecular weight excluding hydrogens is 359 g/mol. The maximum atomic E-state index is 13.5. The van der Waals surface area contributed by atoms with Gasteiger partial charge in [0.05, 0.1) is 15.5 Å². The van der Waals surface area contributed by atoms with E-state index in [4.69, 9.17) is 0 Å². The molecule has 0 aliphatic rings. The van der Waals surface area contributed by atoms with Crippen LogP contribution in [0.3, 0.4) is 0 Å². The summed E-state index contributed by atoms with van der Waals surface area (Å²) in [7, 11) is 0. The van der Waals surface area contributed by atoms with Crippen molar-refractivity contribution in [3.63, 3.8) is 0 Å². The summed E-state index contributed by atoms with van der Waals surface area (Å²) in [5, 5.41) is 14.2. The fraction of sp³-hybridized carbons (Fsp3) is 0.286. The smallest absolute Gasteiger partial charge is 0.295 e. The monoisotopic (exact) mass is 372 g/mol. The van der Waals surface area contributed by atoms with Gasteiger partial charge in [-0.1, -0.05) is 0 Å². The highest BCUT2D eigenvalue weighted by atomic mass is 79.9. The summed E-state index contributed by atoms with van der Waals surface area (Å²) < 4.78 is 13.7. The van der Waals surface area contributed by atoms with E-state index in [1.165, 1.54) is 10.9 Å². The van der Waals surface area contributed by atoms with E-state index in [9.17, 15) is 14.5 Å². The number of nitro benzene ring substituents is 1. The Hall–Kier alpha value is -1.47. The Morgan fingerprint density at radius 3 is 2.57 bits per heavy atom. The van der Waals surface area contributed by atoms with Gasteiger partial charge in [-0.25, -0.2) is 4.39 Å². The highest BCUT2D eigenvalue weighted by Gasteiger charge is 2.20. The molecule has 0 saturated carbocycles. The number of benzene rings is 1. The Labute approximate surface area is 134 Å². The molecule has 0 aliphatic carbocycles.